The van der Waals surface area contributed by atoms with Crippen molar-refractivity contribution in [2.75, 3.05) is 19.6 Å². The summed E-state index contributed by atoms with van der Waals surface area (Å²) in [7, 11) is 0. The third-order valence-corrected chi connectivity index (χ3v) is 3.08. The van der Waals surface area contributed by atoms with E-state index >= 15 is 0 Å². The van der Waals surface area contributed by atoms with Crippen LogP contribution in [0.2, 0.25) is 0 Å². The second-order valence-corrected chi connectivity index (χ2v) is 4.96. The fourth-order valence-electron chi connectivity index (χ4n) is 2.07. The average Bonchev–Trinajstić information content (AvgIpc) is 2.26. The molecule has 0 aromatic heterocycles. The lowest BCUT2D eigenvalue weighted by molar-refractivity contribution is -0.133. The Bertz CT molecular complexity index is 203. The molecule has 4 heteroatoms. The summed E-state index contributed by atoms with van der Waals surface area (Å²) in [5, 5.41) is 3.15. The molecule has 88 valence electrons. The minimum atomic E-state index is -0.175. The van der Waals surface area contributed by atoms with Gasteiger partial charge in [-0.05, 0) is 39.3 Å². The van der Waals surface area contributed by atoms with E-state index in [0.717, 1.165) is 38.9 Å². The number of nitrogens with zero attached hydrogens (tertiary/aromatic N) is 1. The first-order valence-electron chi connectivity index (χ1n) is 5.86. The van der Waals surface area contributed by atoms with Crippen LogP contribution in [0.5, 0.6) is 0 Å². The van der Waals surface area contributed by atoms with Gasteiger partial charge in [-0.25, -0.2) is 0 Å². The van der Waals surface area contributed by atoms with Crippen molar-refractivity contribution >= 4 is 18.5 Å². The SMILES string of the molecule is CCCN(C(=O)C(C)S)C1CCNCC1. The maximum Gasteiger partial charge on any atom is 0.235 e. The number of carbonyl (C=O) groups is 1. The predicted molar refractivity (Wildman–Crippen MR) is 66.3 cm³/mol. The quantitative estimate of drug-likeness (QED) is 0.714. The maximum absolute atomic E-state index is 12.0. The number of thiol groups is 1. The second kappa shape index (κ2) is 6.38. The molecule has 1 unspecified atom stereocenters. The molecule has 0 aromatic carbocycles. The largest absolute Gasteiger partial charge is 0.339 e. The van der Waals surface area contributed by atoms with Crippen LogP contribution in [0.15, 0.2) is 0 Å². The van der Waals surface area contributed by atoms with Crippen LogP contribution in [0.4, 0.5) is 0 Å². The van der Waals surface area contributed by atoms with Crippen LogP contribution >= 0.6 is 12.6 Å². The van der Waals surface area contributed by atoms with Crippen LogP contribution < -0.4 is 5.32 Å². The number of piperidine rings is 1. The third-order valence-electron chi connectivity index (χ3n) is 2.85. The highest BCUT2D eigenvalue weighted by atomic mass is 32.1. The molecular formula is C11H22N2OS. The van der Waals surface area contributed by atoms with Gasteiger partial charge in [0.05, 0.1) is 5.25 Å². The number of carbonyl (C=O) groups excluding carboxylic acids is 1. The van der Waals surface area contributed by atoms with Crippen molar-refractivity contribution < 1.29 is 4.79 Å². The summed E-state index contributed by atoms with van der Waals surface area (Å²) >= 11 is 4.24. The molecule has 1 amide bonds. The molecule has 0 aromatic rings. The molecule has 1 heterocycles. The van der Waals surface area contributed by atoms with Gasteiger partial charge >= 0.3 is 0 Å². The van der Waals surface area contributed by atoms with E-state index in [2.05, 4.69) is 24.9 Å². The number of rotatable bonds is 4. The molecule has 1 saturated heterocycles. The molecule has 0 aliphatic carbocycles. The van der Waals surface area contributed by atoms with E-state index in [9.17, 15) is 4.79 Å². The van der Waals surface area contributed by atoms with Crippen LogP contribution in [-0.4, -0.2) is 41.7 Å². The molecule has 0 bridgehead atoms. The Morgan fingerprint density at radius 1 is 1.53 bits per heavy atom. The van der Waals surface area contributed by atoms with Crippen molar-refractivity contribution in [3.05, 3.63) is 0 Å². The van der Waals surface area contributed by atoms with Crippen molar-refractivity contribution in [2.45, 2.75) is 44.4 Å². The summed E-state index contributed by atoms with van der Waals surface area (Å²) in [5.41, 5.74) is 0. The summed E-state index contributed by atoms with van der Waals surface area (Å²) in [6.07, 6.45) is 3.18. The molecule has 15 heavy (non-hydrogen) atoms. The van der Waals surface area contributed by atoms with Gasteiger partial charge in [-0.3, -0.25) is 4.79 Å². The lowest BCUT2D eigenvalue weighted by atomic mass is 10.0. The van der Waals surface area contributed by atoms with Crippen molar-refractivity contribution in [3.8, 4) is 0 Å². The monoisotopic (exact) mass is 230 g/mol. The Kier molecular flexibility index (Phi) is 5.47. The molecule has 1 rings (SSSR count). The summed E-state index contributed by atoms with van der Waals surface area (Å²) in [4.78, 5) is 14.0. The van der Waals surface area contributed by atoms with Crippen LogP contribution in [0.1, 0.15) is 33.1 Å². The summed E-state index contributed by atoms with van der Waals surface area (Å²) in [6.45, 7) is 6.90. The van der Waals surface area contributed by atoms with E-state index in [1.165, 1.54) is 0 Å². The van der Waals surface area contributed by atoms with Gasteiger partial charge in [0, 0.05) is 12.6 Å². The number of hydrogen-bond donors (Lipinski definition) is 2. The molecule has 0 spiro atoms. The summed E-state index contributed by atoms with van der Waals surface area (Å²) in [5.74, 6) is 0.187. The first-order valence-corrected chi connectivity index (χ1v) is 6.37. The lowest BCUT2D eigenvalue weighted by Crippen LogP contribution is -2.48. The average molecular weight is 230 g/mol. The van der Waals surface area contributed by atoms with Crippen LogP contribution in [0.25, 0.3) is 0 Å². The van der Waals surface area contributed by atoms with Crippen molar-refractivity contribution in [2.24, 2.45) is 0 Å². The Morgan fingerprint density at radius 2 is 2.13 bits per heavy atom. The number of hydrogen-bond acceptors (Lipinski definition) is 3. The van der Waals surface area contributed by atoms with Gasteiger partial charge in [0.2, 0.25) is 5.91 Å². The van der Waals surface area contributed by atoms with Crippen molar-refractivity contribution in [1.29, 1.82) is 0 Å². The predicted octanol–water partition coefficient (Wildman–Crippen LogP) is 1.30. The first-order chi connectivity index (χ1) is 7.16. The molecule has 1 N–H and O–H groups in total. The Balaban J connectivity index is 2.58. The molecule has 1 atom stereocenters. The van der Waals surface area contributed by atoms with Crippen molar-refractivity contribution in [1.82, 2.24) is 10.2 Å². The van der Waals surface area contributed by atoms with E-state index in [0.29, 0.717) is 6.04 Å². The molecule has 1 aliphatic rings. The Morgan fingerprint density at radius 3 is 2.60 bits per heavy atom. The fraction of sp³-hybridized carbons (Fsp3) is 0.909. The minimum Gasteiger partial charge on any atom is -0.339 e. The van der Waals surface area contributed by atoms with E-state index in [-0.39, 0.29) is 11.2 Å². The first kappa shape index (κ1) is 12.8. The minimum absolute atomic E-state index is 0.175. The molecule has 1 fully saturated rings. The van der Waals surface area contributed by atoms with Gasteiger partial charge in [0.15, 0.2) is 0 Å². The number of amides is 1. The van der Waals surface area contributed by atoms with Gasteiger partial charge in [0.1, 0.15) is 0 Å². The van der Waals surface area contributed by atoms with Gasteiger partial charge in [0.25, 0.3) is 0 Å². The standard InChI is InChI=1S/C11H22N2OS/c1-3-8-13(11(14)9(2)15)10-4-6-12-7-5-10/h9-10,12,15H,3-8H2,1-2H3. The molecule has 0 radical (unpaired) electrons. The number of nitrogens with one attached hydrogen (secondary N) is 1. The van der Waals surface area contributed by atoms with Gasteiger partial charge in [-0.1, -0.05) is 6.92 Å². The van der Waals surface area contributed by atoms with Crippen LogP contribution in [0.3, 0.4) is 0 Å². The highest BCUT2D eigenvalue weighted by Gasteiger charge is 2.26. The van der Waals surface area contributed by atoms with E-state index < -0.39 is 0 Å². The third kappa shape index (κ3) is 3.68. The van der Waals surface area contributed by atoms with Crippen LogP contribution in [0, 0.1) is 0 Å². The zero-order valence-corrected chi connectivity index (χ0v) is 10.6. The highest BCUT2D eigenvalue weighted by molar-refractivity contribution is 7.81. The zero-order chi connectivity index (χ0) is 11.3. The van der Waals surface area contributed by atoms with Crippen molar-refractivity contribution in [3.63, 3.8) is 0 Å². The Labute approximate surface area is 98.0 Å². The molecule has 3 nitrogen and oxygen atoms in total. The summed E-state index contributed by atoms with van der Waals surface area (Å²) in [6, 6.07) is 0.424. The molecular weight excluding hydrogens is 208 g/mol. The fourth-order valence-corrected chi connectivity index (χ4v) is 2.22. The van der Waals surface area contributed by atoms with Gasteiger partial charge in [-0.2, -0.15) is 12.6 Å². The molecule has 1 aliphatic heterocycles. The van der Waals surface area contributed by atoms with Gasteiger partial charge in [-0.15, -0.1) is 0 Å². The van der Waals surface area contributed by atoms with E-state index in [1.54, 1.807) is 0 Å². The zero-order valence-electron chi connectivity index (χ0n) is 9.70. The van der Waals surface area contributed by atoms with E-state index in [1.807, 2.05) is 11.8 Å². The Hall–Kier alpha value is -0.220. The van der Waals surface area contributed by atoms with Crippen LogP contribution in [-0.2, 0) is 4.79 Å². The maximum atomic E-state index is 12.0. The highest BCUT2D eigenvalue weighted by Crippen LogP contribution is 2.15. The molecule has 0 saturated carbocycles. The topological polar surface area (TPSA) is 32.3 Å². The summed E-state index contributed by atoms with van der Waals surface area (Å²) < 4.78 is 0. The lowest BCUT2D eigenvalue weighted by Gasteiger charge is -2.35. The van der Waals surface area contributed by atoms with E-state index in [4.69, 9.17) is 0 Å². The normalized spacial score (nSPS) is 19.9. The second-order valence-electron chi connectivity index (χ2n) is 4.19. The van der Waals surface area contributed by atoms with Gasteiger partial charge < -0.3 is 10.2 Å². The smallest absolute Gasteiger partial charge is 0.235 e.